The molecule has 0 fully saturated rings. The Hall–Kier alpha value is -1.07. The molecule has 4 nitrogen and oxygen atoms in total. The number of carboxylic acids is 1. The van der Waals surface area contributed by atoms with Crippen LogP contribution in [0, 0.1) is 0 Å². The van der Waals surface area contributed by atoms with E-state index in [0.717, 1.165) is 4.47 Å². The van der Waals surface area contributed by atoms with Gasteiger partial charge in [0.05, 0.1) is 13.7 Å². The summed E-state index contributed by atoms with van der Waals surface area (Å²) in [6.07, 6.45) is 0. The largest absolute Gasteiger partial charge is 0.496 e. The van der Waals surface area contributed by atoms with E-state index in [2.05, 4.69) is 15.9 Å². The number of halogens is 1. The minimum Gasteiger partial charge on any atom is -0.496 e. The van der Waals surface area contributed by atoms with E-state index in [-0.39, 0.29) is 12.2 Å². The maximum Gasteiger partial charge on any atom is 0.339 e. The predicted octanol–water partition coefficient (Wildman–Crippen LogP) is 2.30. The molecular weight excluding hydrogens is 264 g/mol. The highest BCUT2D eigenvalue weighted by molar-refractivity contribution is 9.10. The second-order valence-corrected chi connectivity index (χ2v) is 3.80. The summed E-state index contributed by atoms with van der Waals surface area (Å²) < 4.78 is 10.7. The fourth-order valence-electron chi connectivity index (χ4n) is 1.31. The van der Waals surface area contributed by atoms with E-state index in [4.69, 9.17) is 14.6 Å². The van der Waals surface area contributed by atoms with Crippen LogP contribution in [0.5, 0.6) is 5.75 Å². The Bertz CT molecular complexity index is 376. The number of rotatable bonds is 4. The molecule has 1 rings (SSSR count). The molecule has 5 heteroatoms. The van der Waals surface area contributed by atoms with Crippen LogP contribution in [-0.2, 0) is 11.3 Å². The minimum atomic E-state index is -1.02. The summed E-state index contributed by atoms with van der Waals surface area (Å²) in [5.74, 6) is -0.699. The van der Waals surface area contributed by atoms with Gasteiger partial charge in [0, 0.05) is 11.6 Å². The van der Waals surface area contributed by atoms with Gasteiger partial charge in [-0.05, 0) is 17.7 Å². The number of ether oxygens (including phenoxy) is 2. The lowest BCUT2D eigenvalue weighted by atomic mass is 10.1. The molecule has 0 aliphatic rings. The van der Waals surface area contributed by atoms with Gasteiger partial charge in [-0.25, -0.2) is 4.79 Å². The first-order valence-electron chi connectivity index (χ1n) is 4.18. The van der Waals surface area contributed by atoms with E-state index in [1.807, 2.05) is 0 Å². The highest BCUT2D eigenvalue weighted by atomic mass is 79.9. The minimum absolute atomic E-state index is 0.141. The van der Waals surface area contributed by atoms with Crippen molar-refractivity contribution >= 4 is 21.9 Å². The third kappa shape index (κ3) is 2.70. The van der Waals surface area contributed by atoms with Gasteiger partial charge in [0.2, 0.25) is 0 Å². The maximum atomic E-state index is 11.0. The van der Waals surface area contributed by atoms with Crippen molar-refractivity contribution in [2.45, 2.75) is 6.61 Å². The molecule has 82 valence electrons. The van der Waals surface area contributed by atoms with Gasteiger partial charge < -0.3 is 14.6 Å². The van der Waals surface area contributed by atoms with Crippen LogP contribution in [-0.4, -0.2) is 25.3 Å². The van der Waals surface area contributed by atoms with Crippen molar-refractivity contribution < 1.29 is 19.4 Å². The predicted molar refractivity (Wildman–Crippen MR) is 58.4 cm³/mol. The van der Waals surface area contributed by atoms with Crippen LogP contribution in [0.25, 0.3) is 0 Å². The van der Waals surface area contributed by atoms with Gasteiger partial charge in [0.25, 0.3) is 0 Å². The van der Waals surface area contributed by atoms with Gasteiger partial charge in [0.15, 0.2) is 0 Å². The molecule has 1 N–H and O–H groups in total. The zero-order valence-corrected chi connectivity index (χ0v) is 10.00. The molecule has 0 aromatic heterocycles. The summed E-state index contributed by atoms with van der Waals surface area (Å²) in [5, 5.41) is 9.04. The first kappa shape index (κ1) is 12.0. The van der Waals surface area contributed by atoms with Crippen molar-refractivity contribution in [2.75, 3.05) is 14.2 Å². The van der Waals surface area contributed by atoms with E-state index in [1.165, 1.54) is 14.2 Å². The lowest BCUT2D eigenvalue weighted by Gasteiger charge is -2.10. The van der Waals surface area contributed by atoms with Crippen LogP contribution >= 0.6 is 15.9 Å². The zero-order chi connectivity index (χ0) is 11.4. The highest BCUT2D eigenvalue weighted by Crippen LogP contribution is 2.28. The van der Waals surface area contributed by atoms with E-state index >= 15 is 0 Å². The van der Waals surface area contributed by atoms with E-state index in [1.54, 1.807) is 12.1 Å². The van der Waals surface area contributed by atoms with Crippen molar-refractivity contribution in [3.63, 3.8) is 0 Å². The standard InChI is InChI=1S/C10H11BrO4/c1-14-5-6-3-7(11)4-8(15-2)9(6)10(12)13/h3-4H,5H2,1-2H3,(H,12,13). The third-order valence-electron chi connectivity index (χ3n) is 1.88. The summed E-state index contributed by atoms with van der Waals surface area (Å²) in [5.41, 5.74) is 0.721. The molecular formula is C10H11BrO4. The van der Waals surface area contributed by atoms with E-state index < -0.39 is 5.97 Å². The Morgan fingerprint density at radius 3 is 2.60 bits per heavy atom. The monoisotopic (exact) mass is 274 g/mol. The Balaban J connectivity index is 3.33. The fourth-order valence-corrected chi connectivity index (χ4v) is 1.79. The molecule has 0 amide bonds. The number of hydrogen-bond donors (Lipinski definition) is 1. The lowest BCUT2D eigenvalue weighted by molar-refractivity contribution is 0.0688. The van der Waals surface area contributed by atoms with Crippen LogP contribution in [0.1, 0.15) is 15.9 Å². The molecule has 0 heterocycles. The summed E-state index contributed by atoms with van der Waals surface area (Å²) in [7, 11) is 2.95. The highest BCUT2D eigenvalue weighted by Gasteiger charge is 2.17. The number of carboxylic acid groups (broad SMARTS) is 1. The number of aromatic carboxylic acids is 1. The van der Waals surface area contributed by atoms with Gasteiger partial charge in [-0.15, -0.1) is 0 Å². The fraction of sp³-hybridized carbons (Fsp3) is 0.300. The number of carbonyl (C=O) groups is 1. The molecule has 0 unspecified atom stereocenters. The average Bonchev–Trinajstić information content (AvgIpc) is 2.16. The summed E-state index contributed by atoms with van der Waals surface area (Å²) >= 11 is 3.28. The quantitative estimate of drug-likeness (QED) is 0.916. The zero-order valence-electron chi connectivity index (χ0n) is 8.41. The Labute approximate surface area is 95.9 Å². The first-order chi connectivity index (χ1) is 7.10. The second kappa shape index (κ2) is 5.14. The number of benzene rings is 1. The smallest absolute Gasteiger partial charge is 0.339 e. The van der Waals surface area contributed by atoms with Crippen molar-refractivity contribution in [3.8, 4) is 5.75 Å². The molecule has 1 aromatic rings. The van der Waals surface area contributed by atoms with Crippen LogP contribution in [0.2, 0.25) is 0 Å². The van der Waals surface area contributed by atoms with Crippen LogP contribution < -0.4 is 4.74 Å². The lowest BCUT2D eigenvalue weighted by Crippen LogP contribution is -2.06. The number of hydrogen-bond acceptors (Lipinski definition) is 3. The van der Waals surface area contributed by atoms with Crippen LogP contribution in [0.3, 0.4) is 0 Å². The summed E-state index contributed by atoms with van der Waals surface area (Å²) in [6, 6.07) is 3.32. The van der Waals surface area contributed by atoms with Gasteiger partial charge in [-0.2, -0.15) is 0 Å². The molecule has 1 aromatic carbocycles. The Kier molecular flexibility index (Phi) is 4.11. The topological polar surface area (TPSA) is 55.8 Å². The third-order valence-corrected chi connectivity index (χ3v) is 2.34. The molecule has 15 heavy (non-hydrogen) atoms. The van der Waals surface area contributed by atoms with E-state index in [9.17, 15) is 4.79 Å². The first-order valence-corrected chi connectivity index (χ1v) is 4.98. The van der Waals surface area contributed by atoms with Gasteiger partial charge in [0.1, 0.15) is 11.3 Å². The van der Waals surface area contributed by atoms with Crippen molar-refractivity contribution in [1.29, 1.82) is 0 Å². The molecule has 0 spiro atoms. The molecule has 0 bridgehead atoms. The molecule has 0 atom stereocenters. The average molecular weight is 275 g/mol. The van der Waals surface area contributed by atoms with Gasteiger partial charge >= 0.3 is 5.97 Å². The van der Waals surface area contributed by atoms with Crippen LogP contribution in [0.15, 0.2) is 16.6 Å². The molecule has 0 saturated carbocycles. The molecule has 0 aliphatic heterocycles. The molecule has 0 saturated heterocycles. The van der Waals surface area contributed by atoms with Gasteiger partial charge in [-0.1, -0.05) is 15.9 Å². The van der Waals surface area contributed by atoms with Crippen molar-refractivity contribution in [1.82, 2.24) is 0 Å². The second-order valence-electron chi connectivity index (χ2n) is 2.88. The normalized spacial score (nSPS) is 10.1. The summed E-state index contributed by atoms with van der Waals surface area (Å²) in [4.78, 5) is 11.0. The van der Waals surface area contributed by atoms with Crippen LogP contribution in [0.4, 0.5) is 0 Å². The SMILES string of the molecule is COCc1cc(Br)cc(OC)c1C(=O)O. The summed E-state index contributed by atoms with van der Waals surface area (Å²) in [6.45, 7) is 0.234. The van der Waals surface area contributed by atoms with Crippen molar-refractivity contribution in [3.05, 3.63) is 27.7 Å². The van der Waals surface area contributed by atoms with Crippen molar-refractivity contribution in [2.24, 2.45) is 0 Å². The Morgan fingerprint density at radius 2 is 2.13 bits per heavy atom. The Morgan fingerprint density at radius 1 is 1.47 bits per heavy atom. The molecule has 0 radical (unpaired) electrons. The maximum absolute atomic E-state index is 11.0. The molecule has 0 aliphatic carbocycles. The van der Waals surface area contributed by atoms with E-state index in [0.29, 0.717) is 11.3 Å². The number of methoxy groups -OCH3 is 2. The van der Waals surface area contributed by atoms with Gasteiger partial charge in [-0.3, -0.25) is 0 Å².